The van der Waals surface area contributed by atoms with Gasteiger partial charge in [-0.2, -0.15) is 5.10 Å². The number of nitrogens with one attached hydrogen (secondary N) is 1. The van der Waals surface area contributed by atoms with E-state index in [1.54, 1.807) is 36.9 Å². The van der Waals surface area contributed by atoms with Crippen molar-refractivity contribution in [3.8, 4) is 0 Å². The summed E-state index contributed by atoms with van der Waals surface area (Å²) < 4.78 is 1.55. The Kier molecular flexibility index (Phi) is 5.41. The Bertz CT molecular complexity index is 1010. The second-order valence-corrected chi connectivity index (χ2v) is 6.14. The summed E-state index contributed by atoms with van der Waals surface area (Å²) in [6, 6.07) is 7.16. The summed E-state index contributed by atoms with van der Waals surface area (Å²) in [6.45, 7) is 3.80. The SMILES string of the molecule is Cc1ncc(Cn2nnc(C(=O)N/N=C/c3ccccc3Cl)c2C)c(N)n1. The van der Waals surface area contributed by atoms with Crippen molar-refractivity contribution in [2.45, 2.75) is 20.4 Å². The highest BCUT2D eigenvalue weighted by Crippen LogP contribution is 2.13. The van der Waals surface area contributed by atoms with E-state index in [2.05, 4.69) is 30.8 Å². The van der Waals surface area contributed by atoms with Crippen molar-refractivity contribution in [2.24, 2.45) is 5.10 Å². The number of carbonyl (C=O) groups excluding carboxylic acids is 1. The molecule has 0 saturated heterocycles. The summed E-state index contributed by atoms with van der Waals surface area (Å²) in [5, 5.41) is 12.4. The number of hydrogen-bond donors (Lipinski definition) is 2. The first-order valence-electron chi connectivity index (χ1n) is 8.01. The highest BCUT2D eigenvalue weighted by molar-refractivity contribution is 6.33. The Labute approximate surface area is 160 Å². The van der Waals surface area contributed by atoms with Gasteiger partial charge in [-0.3, -0.25) is 4.79 Å². The predicted octanol–water partition coefficient (Wildman–Crippen LogP) is 1.73. The van der Waals surface area contributed by atoms with E-state index in [0.29, 0.717) is 40.0 Å². The van der Waals surface area contributed by atoms with E-state index in [0.717, 1.165) is 0 Å². The average molecular weight is 385 g/mol. The molecule has 0 spiro atoms. The molecule has 1 aromatic carbocycles. The first kappa shape index (κ1) is 18.5. The molecule has 0 bridgehead atoms. The van der Waals surface area contributed by atoms with Crippen LogP contribution in [0.5, 0.6) is 0 Å². The molecule has 0 aliphatic rings. The van der Waals surface area contributed by atoms with Crippen LogP contribution in [0.1, 0.15) is 33.1 Å². The summed E-state index contributed by atoms with van der Waals surface area (Å²) in [7, 11) is 0. The van der Waals surface area contributed by atoms with Gasteiger partial charge in [0.05, 0.1) is 18.5 Å². The molecule has 138 valence electrons. The Balaban J connectivity index is 1.71. The van der Waals surface area contributed by atoms with Crippen LogP contribution in [0.15, 0.2) is 35.6 Å². The summed E-state index contributed by atoms with van der Waals surface area (Å²) in [5.41, 5.74) is 10.4. The Morgan fingerprint density at radius 2 is 2.15 bits per heavy atom. The number of nitrogens with zero attached hydrogens (tertiary/aromatic N) is 6. The summed E-state index contributed by atoms with van der Waals surface area (Å²) in [4.78, 5) is 20.5. The number of carbonyl (C=O) groups is 1. The third-order valence-corrected chi connectivity index (χ3v) is 4.16. The molecule has 9 nitrogen and oxygen atoms in total. The third kappa shape index (κ3) is 4.26. The number of hydrazone groups is 1. The maximum atomic E-state index is 12.3. The van der Waals surface area contributed by atoms with Gasteiger partial charge in [0.2, 0.25) is 0 Å². The molecule has 10 heteroatoms. The Morgan fingerprint density at radius 3 is 2.89 bits per heavy atom. The average Bonchev–Trinajstić information content (AvgIpc) is 2.99. The normalized spacial score (nSPS) is 11.1. The summed E-state index contributed by atoms with van der Waals surface area (Å²) >= 11 is 6.03. The third-order valence-electron chi connectivity index (χ3n) is 3.81. The van der Waals surface area contributed by atoms with Crippen molar-refractivity contribution in [1.29, 1.82) is 0 Å². The van der Waals surface area contributed by atoms with Gasteiger partial charge >= 0.3 is 0 Å². The van der Waals surface area contributed by atoms with Gasteiger partial charge in [0.15, 0.2) is 5.69 Å². The molecule has 3 rings (SSSR count). The van der Waals surface area contributed by atoms with Gasteiger partial charge in [0.25, 0.3) is 5.91 Å². The molecule has 0 saturated carbocycles. The summed E-state index contributed by atoms with van der Waals surface area (Å²) in [6.07, 6.45) is 3.09. The minimum Gasteiger partial charge on any atom is -0.383 e. The van der Waals surface area contributed by atoms with Gasteiger partial charge in [-0.15, -0.1) is 5.10 Å². The zero-order valence-corrected chi connectivity index (χ0v) is 15.5. The quantitative estimate of drug-likeness (QED) is 0.510. The van der Waals surface area contributed by atoms with E-state index in [9.17, 15) is 4.79 Å². The molecule has 0 aliphatic heterocycles. The van der Waals surface area contributed by atoms with Gasteiger partial charge in [0.1, 0.15) is 11.6 Å². The second-order valence-electron chi connectivity index (χ2n) is 5.73. The molecular formula is C17H17ClN8O. The van der Waals surface area contributed by atoms with E-state index in [-0.39, 0.29) is 5.69 Å². The minimum absolute atomic E-state index is 0.165. The first-order chi connectivity index (χ1) is 13.0. The van der Waals surface area contributed by atoms with E-state index >= 15 is 0 Å². The molecule has 0 fully saturated rings. The number of aryl methyl sites for hydroxylation is 1. The fourth-order valence-electron chi connectivity index (χ4n) is 2.31. The van der Waals surface area contributed by atoms with Gasteiger partial charge in [-0.05, 0) is 19.9 Å². The van der Waals surface area contributed by atoms with Crippen LogP contribution < -0.4 is 11.2 Å². The van der Waals surface area contributed by atoms with Crippen LogP contribution in [0.3, 0.4) is 0 Å². The molecule has 3 aromatic rings. The molecular weight excluding hydrogens is 368 g/mol. The van der Waals surface area contributed by atoms with Crippen molar-refractivity contribution in [1.82, 2.24) is 30.4 Å². The lowest BCUT2D eigenvalue weighted by Gasteiger charge is -2.06. The monoisotopic (exact) mass is 384 g/mol. The lowest BCUT2D eigenvalue weighted by atomic mass is 10.2. The minimum atomic E-state index is -0.477. The van der Waals surface area contributed by atoms with E-state index in [4.69, 9.17) is 17.3 Å². The van der Waals surface area contributed by atoms with Crippen LogP contribution in [-0.2, 0) is 6.54 Å². The zero-order valence-electron chi connectivity index (χ0n) is 14.7. The van der Waals surface area contributed by atoms with Crippen LogP contribution in [0.2, 0.25) is 5.02 Å². The molecule has 27 heavy (non-hydrogen) atoms. The number of aromatic nitrogens is 5. The number of anilines is 1. The van der Waals surface area contributed by atoms with Crippen LogP contribution in [-0.4, -0.2) is 37.1 Å². The summed E-state index contributed by atoms with van der Waals surface area (Å²) in [5.74, 6) is 0.478. The molecule has 1 amide bonds. The van der Waals surface area contributed by atoms with Crippen LogP contribution in [0.25, 0.3) is 0 Å². The lowest BCUT2D eigenvalue weighted by Crippen LogP contribution is -2.19. The fraction of sp³-hybridized carbons (Fsp3) is 0.176. The predicted molar refractivity (Wildman–Crippen MR) is 102 cm³/mol. The van der Waals surface area contributed by atoms with Gasteiger partial charge < -0.3 is 5.73 Å². The van der Waals surface area contributed by atoms with Crippen molar-refractivity contribution in [3.05, 3.63) is 63.8 Å². The molecule has 0 aliphatic carbocycles. The number of nitrogen functional groups attached to an aromatic ring is 1. The molecule has 2 aromatic heterocycles. The van der Waals surface area contributed by atoms with Crippen LogP contribution >= 0.6 is 11.6 Å². The Hall–Kier alpha value is -3.33. The lowest BCUT2D eigenvalue weighted by molar-refractivity contribution is 0.0949. The molecule has 0 radical (unpaired) electrons. The zero-order chi connectivity index (χ0) is 19.4. The van der Waals surface area contributed by atoms with Crippen molar-refractivity contribution in [2.75, 3.05) is 5.73 Å². The maximum absolute atomic E-state index is 12.3. The number of benzene rings is 1. The van der Waals surface area contributed by atoms with Crippen molar-refractivity contribution >= 4 is 29.5 Å². The van der Waals surface area contributed by atoms with E-state index in [1.165, 1.54) is 6.21 Å². The molecule has 0 unspecified atom stereocenters. The first-order valence-corrected chi connectivity index (χ1v) is 8.39. The molecule has 3 N–H and O–H groups in total. The number of halogens is 1. The van der Waals surface area contributed by atoms with Gasteiger partial charge in [0, 0.05) is 22.3 Å². The van der Waals surface area contributed by atoms with Crippen molar-refractivity contribution in [3.63, 3.8) is 0 Å². The largest absolute Gasteiger partial charge is 0.383 e. The molecule has 0 atom stereocenters. The number of amides is 1. The fourth-order valence-corrected chi connectivity index (χ4v) is 2.49. The highest BCUT2D eigenvalue weighted by Gasteiger charge is 2.17. The molecule has 2 heterocycles. The van der Waals surface area contributed by atoms with Crippen molar-refractivity contribution < 1.29 is 4.79 Å². The highest BCUT2D eigenvalue weighted by atomic mass is 35.5. The van der Waals surface area contributed by atoms with Gasteiger partial charge in [-0.1, -0.05) is 35.0 Å². The number of hydrogen-bond acceptors (Lipinski definition) is 7. The topological polar surface area (TPSA) is 124 Å². The maximum Gasteiger partial charge on any atom is 0.293 e. The van der Waals surface area contributed by atoms with E-state index in [1.807, 2.05) is 12.1 Å². The second kappa shape index (κ2) is 7.92. The standard InChI is InChI=1S/C17H17ClN8O/c1-10-15(17(27)24-21-8-12-5-3-4-6-14(12)18)23-25-26(10)9-13-7-20-11(2)22-16(13)19/h3-8H,9H2,1-2H3,(H,24,27)(H2,19,20,22)/b21-8+. The van der Waals surface area contributed by atoms with Crippen LogP contribution in [0, 0.1) is 13.8 Å². The van der Waals surface area contributed by atoms with Crippen LogP contribution in [0.4, 0.5) is 5.82 Å². The van der Waals surface area contributed by atoms with E-state index < -0.39 is 5.91 Å². The number of rotatable bonds is 5. The van der Waals surface area contributed by atoms with Gasteiger partial charge in [-0.25, -0.2) is 20.1 Å². The number of nitrogens with two attached hydrogens (primary N) is 1. The Morgan fingerprint density at radius 1 is 1.37 bits per heavy atom. The smallest absolute Gasteiger partial charge is 0.293 e.